The molecule has 0 amide bonds. The van der Waals surface area contributed by atoms with E-state index in [0.29, 0.717) is 11.8 Å². The number of thiazole rings is 1. The van der Waals surface area contributed by atoms with Gasteiger partial charge in [0.1, 0.15) is 5.01 Å². The van der Waals surface area contributed by atoms with Gasteiger partial charge in [0, 0.05) is 29.4 Å². The van der Waals surface area contributed by atoms with E-state index in [1.165, 1.54) is 5.56 Å². The van der Waals surface area contributed by atoms with Crippen LogP contribution in [-0.4, -0.2) is 18.1 Å². The molecule has 0 spiro atoms. The molecule has 0 radical (unpaired) electrons. The van der Waals surface area contributed by atoms with E-state index in [4.69, 9.17) is 5.73 Å². The summed E-state index contributed by atoms with van der Waals surface area (Å²) < 4.78 is 0. The minimum Gasteiger partial charge on any atom is -0.385 e. The van der Waals surface area contributed by atoms with E-state index >= 15 is 0 Å². The molecule has 4 heteroatoms. The summed E-state index contributed by atoms with van der Waals surface area (Å²) in [7, 11) is 0. The van der Waals surface area contributed by atoms with Crippen molar-refractivity contribution >= 4 is 17.0 Å². The molecule has 1 heterocycles. The highest BCUT2D eigenvalue weighted by molar-refractivity contribution is 7.13. The summed E-state index contributed by atoms with van der Waals surface area (Å²) in [5.74, 6) is 1.12. The van der Waals surface area contributed by atoms with Gasteiger partial charge >= 0.3 is 0 Å². The molecule has 0 aliphatic carbocycles. The predicted octanol–water partition coefficient (Wildman–Crippen LogP) is 3.45. The highest BCUT2D eigenvalue weighted by Crippen LogP contribution is 2.23. The average Bonchev–Trinajstić information content (AvgIpc) is 2.94. The molecule has 19 heavy (non-hydrogen) atoms. The van der Waals surface area contributed by atoms with Gasteiger partial charge in [-0.25, -0.2) is 4.98 Å². The number of nitrogens with zero attached hydrogens (tertiary/aromatic N) is 1. The topological polar surface area (TPSA) is 50.9 Å². The minimum atomic E-state index is 0.513. The van der Waals surface area contributed by atoms with Crippen molar-refractivity contribution in [3.63, 3.8) is 0 Å². The summed E-state index contributed by atoms with van der Waals surface area (Å²) in [6.45, 7) is 6.07. The van der Waals surface area contributed by atoms with E-state index < -0.39 is 0 Å². The molecule has 0 aliphatic rings. The molecule has 1 aromatic carbocycles. The predicted molar refractivity (Wildman–Crippen MR) is 83.4 cm³/mol. The zero-order valence-corrected chi connectivity index (χ0v) is 12.3. The molecule has 0 bridgehead atoms. The third-order valence-corrected chi connectivity index (χ3v) is 4.20. The van der Waals surface area contributed by atoms with Gasteiger partial charge in [-0.3, -0.25) is 0 Å². The van der Waals surface area contributed by atoms with Crippen LogP contribution in [0.25, 0.3) is 10.6 Å². The highest BCUT2D eigenvalue weighted by Gasteiger charge is 2.10. The molecule has 2 aromatic rings. The summed E-state index contributed by atoms with van der Waals surface area (Å²) in [5.41, 5.74) is 8.08. The van der Waals surface area contributed by atoms with Crippen LogP contribution >= 0.6 is 11.3 Å². The van der Waals surface area contributed by atoms with Crippen LogP contribution in [0.15, 0.2) is 35.8 Å². The molecule has 1 aromatic heterocycles. The van der Waals surface area contributed by atoms with E-state index in [9.17, 15) is 0 Å². The van der Waals surface area contributed by atoms with Crippen molar-refractivity contribution in [2.75, 3.05) is 18.4 Å². The fourth-order valence-corrected chi connectivity index (χ4v) is 2.58. The van der Waals surface area contributed by atoms with Gasteiger partial charge in [-0.1, -0.05) is 13.8 Å². The van der Waals surface area contributed by atoms with Crippen molar-refractivity contribution in [1.29, 1.82) is 0 Å². The van der Waals surface area contributed by atoms with Crippen LogP contribution in [0.4, 0.5) is 5.69 Å². The third-order valence-electron chi connectivity index (χ3n) is 3.38. The number of hydrogen-bond acceptors (Lipinski definition) is 4. The first-order valence-electron chi connectivity index (χ1n) is 6.64. The molecule has 2 rings (SSSR count). The molecular formula is C15H21N3S. The van der Waals surface area contributed by atoms with Gasteiger partial charge in [-0.15, -0.1) is 11.3 Å². The van der Waals surface area contributed by atoms with Crippen LogP contribution in [-0.2, 0) is 0 Å². The van der Waals surface area contributed by atoms with Crippen molar-refractivity contribution in [3.8, 4) is 10.6 Å². The second kappa shape index (κ2) is 6.68. The van der Waals surface area contributed by atoms with E-state index in [1.54, 1.807) is 11.3 Å². The maximum atomic E-state index is 5.78. The Morgan fingerprint density at radius 1 is 1.26 bits per heavy atom. The number of nitrogens with two attached hydrogens (primary N) is 1. The first-order chi connectivity index (χ1) is 9.20. The van der Waals surface area contributed by atoms with Gasteiger partial charge in [0.25, 0.3) is 0 Å². The SMILES string of the molecule is CC(C)C(CN)CNc1ccc(-c2nccs2)cc1. The van der Waals surface area contributed by atoms with Crippen molar-refractivity contribution in [2.24, 2.45) is 17.6 Å². The molecule has 3 N–H and O–H groups in total. The summed E-state index contributed by atoms with van der Waals surface area (Å²) in [6, 6.07) is 8.41. The number of nitrogens with one attached hydrogen (secondary N) is 1. The van der Waals surface area contributed by atoms with E-state index in [0.717, 1.165) is 23.8 Å². The molecule has 1 atom stereocenters. The number of rotatable bonds is 6. The Morgan fingerprint density at radius 3 is 2.53 bits per heavy atom. The average molecular weight is 275 g/mol. The highest BCUT2D eigenvalue weighted by atomic mass is 32.1. The second-order valence-electron chi connectivity index (χ2n) is 5.04. The zero-order chi connectivity index (χ0) is 13.7. The lowest BCUT2D eigenvalue weighted by molar-refractivity contribution is 0.413. The van der Waals surface area contributed by atoms with E-state index in [-0.39, 0.29) is 0 Å². The van der Waals surface area contributed by atoms with Crippen molar-refractivity contribution in [2.45, 2.75) is 13.8 Å². The van der Waals surface area contributed by atoms with Gasteiger partial charge in [0.05, 0.1) is 0 Å². The Morgan fingerprint density at radius 2 is 2.00 bits per heavy atom. The molecule has 0 saturated carbocycles. The maximum absolute atomic E-state index is 5.78. The van der Waals surface area contributed by atoms with Gasteiger partial charge < -0.3 is 11.1 Å². The Bertz CT molecular complexity index is 477. The van der Waals surface area contributed by atoms with Crippen LogP contribution in [0.2, 0.25) is 0 Å². The number of aromatic nitrogens is 1. The fourth-order valence-electron chi connectivity index (χ4n) is 1.94. The number of benzene rings is 1. The first-order valence-corrected chi connectivity index (χ1v) is 7.52. The maximum Gasteiger partial charge on any atom is 0.123 e. The molecule has 0 saturated heterocycles. The van der Waals surface area contributed by atoms with Gasteiger partial charge in [-0.2, -0.15) is 0 Å². The smallest absolute Gasteiger partial charge is 0.123 e. The Kier molecular flexibility index (Phi) is 4.93. The Balaban J connectivity index is 1.96. The summed E-state index contributed by atoms with van der Waals surface area (Å²) in [4.78, 5) is 4.31. The molecule has 3 nitrogen and oxygen atoms in total. The van der Waals surface area contributed by atoms with Crippen LogP contribution in [0.5, 0.6) is 0 Å². The van der Waals surface area contributed by atoms with Gasteiger partial charge in [-0.05, 0) is 42.6 Å². The Labute approximate surface area is 118 Å². The Hall–Kier alpha value is -1.39. The van der Waals surface area contributed by atoms with Crippen LogP contribution < -0.4 is 11.1 Å². The lowest BCUT2D eigenvalue weighted by atomic mass is 9.96. The quantitative estimate of drug-likeness (QED) is 0.849. The number of anilines is 1. The summed E-state index contributed by atoms with van der Waals surface area (Å²) in [6.07, 6.45) is 1.83. The standard InChI is InChI=1S/C15H21N3S/c1-11(2)13(9-16)10-18-14-5-3-12(4-6-14)15-17-7-8-19-15/h3-8,11,13,18H,9-10,16H2,1-2H3. The lowest BCUT2D eigenvalue weighted by Gasteiger charge is -2.20. The van der Waals surface area contributed by atoms with E-state index in [1.807, 2.05) is 11.6 Å². The van der Waals surface area contributed by atoms with E-state index in [2.05, 4.69) is 48.4 Å². The molecule has 102 valence electrons. The molecule has 0 fully saturated rings. The van der Waals surface area contributed by atoms with Crippen LogP contribution in [0, 0.1) is 11.8 Å². The molecule has 0 aliphatic heterocycles. The molecule has 1 unspecified atom stereocenters. The number of hydrogen-bond donors (Lipinski definition) is 2. The summed E-state index contributed by atoms with van der Waals surface area (Å²) in [5, 5.41) is 6.51. The third kappa shape index (κ3) is 3.78. The van der Waals surface area contributed by atoms with Crippen molar-refractivity contribution < 1.29 is 0 Å². The largest absolute Gasteiger partial charge is 0.385 e. The summed E-state index contributed by atoms with van der Waals surface area (Å²) >= 11 is 1.66. The fraction of sp³-hybridized carbons (Fsp3) is 0.400. The first kappa shape index (κ1) is 14.0. The van der Waals surface area contributed by atoms with Gasteiger partial charge in [0.15, 0.2) is 0 Å². The normalized spacial score (nSPS) is 12.6. The lowest BCUT2D eigenvalue weighted by Crippen LogP contribution is -2.27. The van der Waals surface area contributed by atoms with Crippen molar-refractivity contribution in [3.05, 3.63) is 35.8 Å². The van der Waals surface area contributed by atoms with Gasteiger partial charge in [0.2, 0.25) is 0 Å². The zero-order valence-electron chi connectivity index (χ0n) is 11.5. The minimum absolute atomic E-state index is 0.513. The van der Waals surface area contributed by atoms with Crippen molar-refractivity contribution in [1.82, 2.24) is 4.98 Å². The monoisotopic (exact) mass is 275 g/mol. The second-order valence-corrected chi connectivity index (χ2v) is 5.93. The molecular weight excluding hydrogens is 254 g/mol. The van der Waals surface area contributed by atoms with Crippen LogP contribution in [0.3, 0.4) is 0 Å². The van der Waals surface area contributed by atoms with Crippen LogP contribution in [0.1, 0.15) is 13.8 Å².